The summed E-state index contributed by atoms with van der Waals surface area (Å²) >= 11 is 0. The van der Waals surface area contributed by atoms with E-state index in [1.165, 1.54) is 12.1 Å². The lowest BCUT2D eigenvalue weighted by molar-refractivity contribution is -0.136. The lowest BCUT2D eigenvalue weighted by atomic mass is 10.1. The van der Waals surface area contributed by atoms with E-state index in [2.05, 4.69) is 4.98 Å². The summed E-state index contributed by atoms with van der Waals surface area (Å²) in [6.07, 6.45) is 0.685. The summed E-state index contributed by atoms with van der Waals surface area (Å²) in [6.45, 7) is 2.16. The van der Waals surface area contributed by atoms with Crippen molar-refractivity contribution < 1.29 is 32.6 Å². The van der Waals surface area contributed by atoms with Crippen LogP contribution in [0.2, 0.25) is 0 Å². The zero-order chi connectivity index (χ0) is 24.2. The molecule has 0 aliphatic rings. The summed E-state index contributed by atoms with van der Waals surface area (Å²) < 4.78 is 43.3. The highest BCUT2D eigenvalue weighted by Crippen LogP contribution is 2.31. The Morgan fingerprint density at radius 1 is 1.15 bits per heavy atom. The van der Waals surface area contributed by atoms with Crippen molar-refractivity contribution in [1.82, 2.24) is 4.98 Å². The normalized spacial score (nSPS) is 11.5. The molecule has 0 atom stereocenters. The predicted molar refractivity (Wildman–Crippen MR) is 124 cm³/mol. The van der Waals surface area contributed by atoms with Gasteiger partial charge < -0.3 is 24.8 Å². The number of benzene rings is 2. The number of halogens is 1. The number of fused-ring (bicyclic) bond motifs is 1. The van der Waals surface area contributed by atoms with E-state index in [1.807, 2.05) is 6.92 Å². The Morgan fingerprint density at radius 2 is 1.85 bits per heavy atom. The summed E-state index contributed by atoms with van der Waals surface area (Å²) in [7, 11) is -4.11. The van der Waals surface area contributed by atoms with E-state index < -0.39 is 16.0 Å². The summed E-state index contributed by atoms with van der Waals surface area (Å²) in [5.41, 5.74) is 2.40. The average molecular weight is 480 g/mol. The Morgan fingerprint density at radius 3 is 2.48 bits per heavy atom. The van der Waals surface area contributed by atoms with Crippen LogP contribution in [0, 0.1) is 6.92 Å². The van der Waals surface area contributed by atoms with E-state index in [-0.39, 0.29) is 42.9 Å². The number of aromatic amines is 1. The van der Waals surface area contributed by atoms with Crippen molar-refractivity contribution in [2.24, 2.45) is 0 Å². The van der Waals surface area contributed by atoms with E-state index >= 15 is 0 Å². The van der Waals surface area contributed by atoms with E-state index in [1.54, 1.807) is 35.2 Å². The zero-order valence-corrected chi connectivity index (χ0v) is 19.1. The number of sulfonamides is 1. The molecule has 1 aromatic heterocycles. The molecule has 0 amide bonds. The molecule has 3 rings (SSSR count). The molecule has 0 bridgehead atoms. The lowest BCUT2D eigenvalue weighted by Crippen LogP contribution is -2.33. The third-order valence-corrected chi connectivity index (χ3v) is 5.90. The fourth-order valence-electron chi connectivity index (χ4n) is 3.64. The van der Waals surface area contributed by atoms with Gasteiger partial charge in [0.05, 0.1) is 31.5 Å². The molecule has 3 aromatic rings. The van der Waals surface area contributed by atoms with Crippen LogP contribution in [0.1, 0.15) is 11.3 Å². The van der Waals surface area contributed by atoms with Gasteiger partial charge in [-0.15, -0.1) is 4.53 Å². The summed E-state index contributed by atoms with van der Waals surface area (Å²) in [5.74, 6) is -0.364. The first kappa shape index (κ1) is 24.3. The number of H-pyrrole nitrogens is 1. The molecule has 0 saturated carbocycles. The molecule has 178 valence electrons. The van der Waals surface area contributed by atoms with Gasteiger partial charge in [-0.2, -0.15) is 0 Å². The van der Waals surface area contributed by atoms with E-state index in [0.717, 1.165) is 28.4 Å². The number of aliphatic hydroxyl groups is 1. The molecule has 0 saturated heterocycles. The van der Waals surface area contributed by atoms with E-state index in [9.17, 15) is 22.8 Å². The fourth-order valence-corrected chi connectivity index (χ4v) is 4.16. The number of carboxylic acids is 1. The molecular weight excluding hydrogens is 453 g/mol. The number of ether oxygens (including phenoxy) is 1. The summed E-state index contributed by atoms with van der Waals surface area (Å²) in [6, 6.07) is 11.4. The molecule has 0 radical (unpaired) electrons. The number of aliphatic hydroxyl groups excluding tert-OH is 1. The van der Waals surface area contributed by atoms with Crippen molar-refractivity contribution in [2.45, 2.75) is 13.3 Å². The molecule has 11 heteroatoms. The van der Waals surface area contributed by atoms with Crippen LogP contribution in [0.5, 0.6) is 5.75 Å². The van der Waals surface area contributed by atoms with E-state index in [0.29, 0.717) is 11.4 Å². The molecule has 2 aromatic carbocycles. The molecule has 9 nitrogen and oxygen atoms in total. The second kappa shape index (κ2) is 10.1. The molecular formula is C22H26FN3O6S. The minimum Gasteiger partial charge on any atom is -0.492 e. The van der Waals surface area contributed by atoms with Crippen LogP contribution in [-0.4, -0.2) is 62.1 Å². The van der Waals surface area contributed by atoms with Gasteiger partial charge in [0.15, 0.2) is 0 Å². The minimum atomic E-state index is -4.11. The molecule has 0 spiro atoms. The Balaban J connectivity index is 1.76. The van der Waals surface area contributed by atoms with Crippen LogP contribution in [0.25, 0.3) is 10.9 Å². The molecule has 0 aliphatic heterocycles. The van der Waals surface area contributed by atoms with Crippen LogP contribution in [-0.2, 0) is 21.2 Å². The number of nitrogens with one attached hydrogen (secondary N) is 1. The van der Waals surface area contributed by atoms with Crippen LogP contribution < -0.4 is 14.2 Å². The second-order valence-electron chi connectivity index (χ2n) is 7.53. The third-order valence-electron chi connectivity index (χ3n) is 5.12. The van der Waals surface area contributed by atoms with Gasteiger partial charge in [0.1, 0.15) is 18.0 Å². The van der Waals surface area contributed by atoms with Crippen molar-refractivity contribution in [1.29, 1.82) is 0 Å². The average Bonchev–Trinajstić information content (AvgIpc) is 3.06. The van der Waals surface area contributed by atoms with Gasteiger partial charge in [-0.25, -0.2) is 8.42 Å². The molecule has 3 N–H and O–H groups in total. The van der Waals surface area contributed by atoms with Gasteiger partial charge in [-0.05, 0) is 36.8 Å². The number of hydrogen-bond acceptors (Lipinski definition) is 6. The number of aromatic nitrogens is 1. The maximum Gasteiger partial charge on any atom is 0.307 e. The van der Waals surface area contributed by atoms with E-state index in [4.69, 9.17) is 9.84 Å². The van der Waals surface area contributed by atoms with Gasteiger partial charge in [0, 0.05) is 29.2 Å². The van der Waals surface area contributed by atoms with Crippen molar-refractivity contribution in [3.63, 3.8) is 0 Å². The molecule has 1 heterocycles. The number of aryl methyl sites for hydroxylation is 1. The topological polar surface area (TPSA) is 123 Å². The number of rotatable bonds is 11. The van der Waals surface area contributed by atoms with Gasteiger partial charge in [-0.3, -0.25) is 4.79 Å². The van der Waals surface area contributed by atoms with Crippen LogP contribution >= 0.6 is 0 Å². The fraction of sp³-hybridized carbons (Fsp3) is 0.318. The summed E-state index contributed by atoms with van der Waals surface area (Å²) in [4.78, 5) is 15.9. The van der Waals surface area contributed by atoms with Gasteiger partial charge in [-0.1, -0.05) is 16.6 Å². The van der Waals surface area contributed by atoms with Crippen LogP contribution in [0.4, 0.5) is 15.9 Å². The van der Waals surface area contributed by atoms with Gasteiger partial charge in [0.2, 0.25) is 0 Å². The molecule has 0 unspecified atom stereocenters. The van der Waals surface area contributed by atoms with Crippen molar-refractivity contribution in [2.75, 3.05) is 42.0 Å². The number of hydrogen-bond donors (Lipinski definition) is 3. The highest BCUT2D eigenvalue weighted by Gasteiger charge is 2.22. The smallest absolute Gasteiger partial charge is 0.307 e. The first-order chi connectivity index (χ1) is 15.6. The summed E-state index contributed by atoms with van der Waals surface area (Å²) in [5, 5.41) is 19.4. The van der Waals surface area contributed by atoms with Gasteiger partial charge >= 0.3 is 5.97 Å². The van der Waals surface area contributed by atoms with Crippen molar-refractivity contribution in [3.05, 3.63) is 53.7 Å². The number of carboxylic acid groups (broad SMARTS) is 1. The Labute approximate surface area is 191 Å². The predicted octanol–water partition coefficient (Wildman–Crippen LogP) is 2.63. The maximum absolute atomic E-state index is 14.4. The highest BCUT2D eigenvalue weighted by molar-refractivity contribution is 7.91. The van der Waals surface area contributed by atoms with Gasteiger partial charge in [0.25, 0.3) is 10.0 Å². The Kier molecular flexibility index (Phi) is 7.44. The molecule has 0 aliphatic carbocycles. The standard InChI is InChI=1S/C22H26FN3O6S/c1-15-18(14-22(28)29)17-8-7-16(13-19(17)24-15)32-12-10-25(9-11-27)20-5-3-4-6-21(20)26(23)33(2,30)31/h3-8,13,24,27H,9-12,14H2,1-2H3,(H,28,29). The first-order valence-corrected chi connectivity index (χ1v) is 12.0. The number of carbonyl (C=O) groups is 1. The quantitative estimate of drug-likeness (QED) is 0.361. The lowest BCUT2D eigenvalue weighted by Gasteiger charge is -2.27. The van der Waals surface area contributed by atoms with Crippen molar-refractivity contribution >= 4 is 38.3 Å². The monoisotopic (exact) mass is 479 g/mol. The number of nitrogens with zero attached hydrogens (tertiary/aromatic N) is 2. The number of aliphatic carboxylic acids is 1. The Hall–Kier alpha value is -3.31. The Bertz CT molecular complexity index is 1240. The SMILES string of the molecule is Cc1[nH]c2cc(OCCN(CCO)c3ccccc3N(F)S(C)(=O)=O)ccc2c1CC(=O)O. The highest BCUT2D eigenvalue weighted by atomic mass is 32.2. The second-order valence-corrected chi connectivity index (χ2v) is 9.32. The first-order valence-electron chi connectivity index (χ1n) is 10.2. The third kappa shape index (κ3) is 5.74. The maximum atomic E-state index is 14.4. The molecule has 33 heavy (non-hydrogen) atoms. The minimum absolute atomic E-state index is 0.0827. The number of para-hydroxylation sites is 2. The zero-order valence-electron chi connectivity index (χ0n) is 18.3. The molecule has 0 fully saturated rings. The van der Waals surface area contributed by atoms with Crippen LogP contribution in [0.3, 0.4) is 0 Å². The number of anilines is 2. The largest absolute Gasteiger partial charge is 0.492 e. The van der Waals surface area contributed by atoms with Crippen LogP contribution in [0.15, 0.2) is 42.5 Å². The van der Waals surface area contributed by atoms with Crippen molar-refractivity contribution in [3.8, 4) is 5.75 Å².